The molecule has 3 aliphatic rings. The third kappa shape index (κ3) is 3.98. The molecule has 5 heterocycles. The summed E-state index contributed by atoms with van der Waals surface area (Å²) >= 11 is 0. The molecule has 10 nitrogen and oxygen atoms in total. The van der Waals surface area contributed by atoms with Gasteiger partial charge < -0.3 is 19.1 Å². The molecule has 5 rings (SSSR count). The van der Waals surface area contributed by atoms with Gasteiger partial charge in [0, 0.05) is 25.4 Å². The van der Waals surface area contributed by atoms with E-state index in [9.17, 15) is 9.59 Å². The van der Waals surface area contributed by atoms with E-state index in [1.54, 1.807) is 35.6 Å². The van der Waals surface area contributed by atoms with Crippen molar-refractivity contribution in [3.8, 4) is 5.75 Å². The summed E-state index contributed by atoms with van der Waals surface area (Å²) < 4.78 is 17.1. The molecule has 2 bridgehead atoms. The fourth-order valence-electron chi connectivity index (χ4n) is 4.30. The molecule has 0 aliphatic carbocycles. The van der Waals surface area contributed by atoms with Crippen molar-refractivity contribution in [1.82, 2.24) is 9.97 Å². The highest BCUT2D eigenvalue weighted by molar-refractivity contribution is 6.04. The first kappa shape index (κ1) is 20.7. The summed E-state index contributed by atoms with van der Waals surface area (Å²) in [6.45, 7) is 6.07. The lowest BCUT2D eigenvalue weighted by atomic mass is 10.2. The Balaban J connectivity index is 1.29. The second-order valence-corrected chi connectivity index (χ2v) is 8.47. The van der Waals surface area contributed by atoms with Crippen molar-refractivity contribution in [1.29, 1.82) is 0 Å². The highest BCUT2D eigenvalue weighted by Crippen LogP contribution is 2.39. The Bertz CT molecular complexity index is 1050. The average molecular weight is 438 g/mol. The normalized spacial score (nSPS) is 23.1. The third-order valence-corrected chi connectivity index (χ3v) is 5.74. The number of pyridine rings is 2. The van der Waals surface area contributed by atoms with Crippen LogP contribution < -0.4 is 19.9 Å². The highest BCUT2D eigenvalue weighted by Gasteiger charge is 2.40. The van der Waals surface area contributed by atoms with E-state index in [2.05, 4.69) is 20.2 Å². The van der Waals surface area contributed by atoms with Gasteiger partial charge in [0.25, 0.3) is 6.29 Å². The lowest BCUT2D eigenvalue weighted by Gasteiger charge is -2.35. The quantitative estimate of drug-likeness (QED) is 0.757. The Labute approximate surface area is 185 Å². The largest absolute Gasteiger partial charge is 0.491 e. The summed E-state index contributed by atoms with van der Waals surface area (Å²) in [6.07, 6.45) is 4.02. The third-order valence-electron chi connectivity index (χ3n) is 5.74. The van der Waals surface area contributed by atoms with Crippen LogP contribution in [0.3, 0.4) is 0 Å². The summed E-state index contributed by atoms with van der Waals surface area (Å²) in [4.78, 5) is 36.7. The molecule has 2 amide bonds. The summed E-state index contributed by atoms with van der Waals surface area (Å²) in [5.41, 5.74) is 0.999. The predicted octanol–water partition coefficient (Wildman–Crippen LogP) is 2.10. The Morgan fingerprint density at radius 1 is 1.38 bits per heavy atom. The van der Waals surface area contributed by atoms with Crippen LogP contribution in [0.2, 0.25) is 0 Å². The Morgan fingerprint density at radius 2 is 2.25 bits per heavy atom. The van der Waals surface area contributed by atoms with Gasteiger partial charge in [0.2, 0.25) is 0 Å². The first-order valence-electron chi connectivity index (χ1n) is 10.6. The fraction of sp³-hybridized carbons (Fsp3) is 0.455. The lowest BCUT2D eigenvalue weighted by molar-refractivity contribution is -0.141. The standard InChI is InChI=1S/C22H24N5O5/c1-22(2)31-13-17(32-22)12-30-16-5-7-23-19(9-16)25-21(29)27-15-6-8-26(10-15)18-4-3-14(11-28)24-20(18)27/h3-5,7,9,15,17H,6,8,10,12-13H2,1-2H3,(H,23,25,29)/t15-,17-/m0/s1. The second-order valence-electron chi connectivity index (χ2n) is 8.47. The molecule has 2 aromatic rings. The Morgan fingerprint density at radius 3 is 3.03 bits per heavy atom. The van der Waals surface area contributed by atoms with Crippen molar-refractivity contribution in [2.24, 2.45) is 0 Å². The van der Waals surface area contributed by atoms with Gasteiger partial charge in [-0.25, -0.2) is 14.8 Å². The minimum absolute atomic E-state index is 0.0285. The van der Waals surface area contributed by atoms with Crippen LogP contribution >= 0.6 is 0 Å². The number of amides is 2. The zero-order valence-electron chi connectivity index (χ0n) is 17.9. The van der Waals surface area contributed by atoms with Crippen LogP contribution in [0, 0.1) is 0 Å². The van der Waals surface area contributed by atoms with Gasteiger partial charge in [0.1, 0.15) is 30.0 Å². The van der Waals surface area contributed by atoms with Crippen molar-refractivity contribution in [2.45, 2.75) is 38.2 Å². The van der Waals surface area contributed by atoms with Crippen LogP contribution in [0.4, 0.5) is 22.1 Å². The average Bonchev–Trinajstić information content (AvgIpc) is 3.35. The molecule has 167 valence electrons. The zero-order valence-corrected chi connectivity index (χ0v) is 17.9. The maximum atomic E-state index is 13.2. The number of hydrogen-bond donors (Lipinski definition) is 1. The van der Waals surface area contributed by atoms with Gasteiger partial charge >= 0.3 is 6.03 Å². The SMILES string of the molecule is CC1(C)OC[C@H](COc2ccnc(NC(=O)N3c4nc([C]=O)ccc4N4CC[C@H]3C4)c2)O1. The van der Waals surface area contributed by atoms with Gasteiger partial charge in [0.05, 0.1) is 18.3 Å². The van der Waals surface area contributed by atoms with Crippen molar-refractivity contribution in [3.05, 3.63) is 36.2 Å². The van der Waals surface area contributed by atoms with Gasteiger partial charge in [-0.05, 0) is 38.5 Å². The Kier molecular flexibility index (Phi) is 5.18. The van der Waals surface area contributed by atoms with E-state index in [-0.39, 0.29) is 23.9 Å². The molecule has 1 radical (unpaired) electrons. The van der Waals surface area contributed by atoms with Crippen molar-refractivity contribution in [2.75, 3.05) is 41.4 Å². The first-order chi connectivity index (χ1) is 15.4. The monoisotopic (exact) mass is 438 g/mol. The molecular formula is C22H24N5O5. The van der Waals surface area contributed by atoms with Crippen LogP contribution in [0.15, 0.2) is 30.5 Å². The number of hydrogen-bond acceptors (Lipinski definition) is 8. The molecular weight excluding hydrogens is 414 g/mol. The number of ether oxygens (including phenoxy) is 3. The molecule has 2 atom stereocenters. The van der Waals surface area contributed by atoms with Crippen LogP contribution in [0.25, 0.3) is 0 Å². The molecule has 2 fully saturated rings. The van der Waals surface area contributed by atoms with E-state index in [1.165, 1.54) is 0 Å². The smallest absolute Gasteiger partial charge is 0.329 e. The van der Waals surface area contributed by atoms with Crippen molar-refractivity contribution < 1.29 is 23.8 Å². The van der Waals surface area contributed by atoms with E-state index < -0.39 is 5.79 Å². The molecule has 0 unspecified atom stereocenters. The minimum atomic E-state index is -0.610. The molecule has 0 spiro atoms. The van der Waals surface area contributed by atoms with Gasteiger partial charge in [-0.3, -0.25) is 15.0 Å². The number of fused-ring (bicyclic) bond motifs is 4. The summed E-state index contributed by atoms with van der Waals surface area (Å²) in [5, 5.41) is 2.84. The van der Waals surface area contributed by atoms with Crippen molar-refractivity contribution in [3.63, 3.8) is 0 Å². The maximum Gasteiger partial charge on any atom is 0.329 e. The van der Waals surface area contributed by atoms with Crippen LogP contribution in [0.5, 0.6) is 5.75 Å². The fourth-order valence-corrected chi connectivity index (χ4v) is 4.30. The van der Waals surface area contributed by atoms with Crippen LogP contribution in [0.1, 0.15) is 26.0 Å². The number of urea groups is 1. The number of anilines is 3. The van der Waals surface area contributed by atoms with E-state index in [4.69, 9.17) is 14.2 Å². The molecule has 0 aromatic carbocycles. The maximum absolute atomic E-state index is 13.2. The van der Waals surface area contributed by atoms with Crippen LogP contribution in [-0.4, -0.2) is 66.5 Å². The topological polar surface area (TPSA) is 106 Å². The molecule has 1 N–H and O–H groups in total. The summed E-state index contributed by atoms with van der Waals surface area (Å²) in [6, 6.07) is 6.42. The molecule has 32 heavy (non-hydrogen) atoms. The Hall–Kier alpha value is -3.24. The van der Waals surface area contributed by atoms with E-state index in [0.29, 0.717) is 30.6 Å². The summed E-state index contributed by atoms with van der Waals surface area (Å²) in [7, 11) is 0. The highest BCUT2D eigenvalue weighted by atomic mass is 16.7. The van der Waals surface area contributed by atoms with E-state index >= 15 is 0 Å². The number of rotatable bonds is 5. The molecule has 2 saturated heterocycles. The van der Waals surface area contributed by atoms with Gasteiger partial charge in [-0.1, -0.05) is 0 Å². The van der Waals surface area contributed by atoms with Gasteiger partial charge in [-0.15, -0.1) is 0 Å². The first-order valence-corrected chi connectivity index (χ1v) is 10.6. The molecule has 10 heteroatoms. The van der Waals surface area contributed by atoms with E-state index in [0.717, 1.165) is 25.2 Å². The molecule has 2 aromatic heterocycles. The van der Waals surface area contributed by atoms with Gasteiger partial charge in [0.15, 0.2) is 11.6 Å². The molecule has 3 aliphatic heterocycles. The number of carbonyl (C=O) groups excluding carboxylic acids is 2. The number of nitrogens with zero attached hydrogens (tertiary/aromatic N) is 4. The second kappa shape index (κ2) is 8.03. The predicted molar refractivity (Wildman–Crippen MR) is 116 cm³/mol. The number of aromatic nitrogens is 2. The van der Waals surface area contributed by atoms with Crippen LogP contribution in [-0.2, 0) is 14.3 Å². The summed E-state index contributed by atoms with van der Waals surface area (Å²) in [5.74, 6) is 0.772. The molecule has 0 saturated carbocycles. The van der Waals surface area contributed by atoms with E-state index in [1.807, 2.05) is 19.9 Å². The number of nitrogens with one attached hydrogen (secondary N) is 1. The van der Waals surface area contributed by atoms with Crippen molar-refractivity contribution >= 4 is 29.6 Å². The number of carbonyl (C=O) groups is 1. The zero-order chi connectivity index (χ0) is 22.3. The lowest BCUT2D eigenvalue weighted by Crippen LogP contribution is -2.48. The van der Waals surface area contributed by atoms with Gasteiger partial charge in [-0.2, -0.15) is 0 Å². The minimum Gasteiger partial charge on any atom is -0.491 e.